The fraction of sp³-hybridized carbons (Fsp3) is 0.733. The number of rotatable bonds is 9. The number of hydrogen-bond acceptors (Lipinski definition) is 3. The van der Waals surface area contributed by atoms with Gasteiger partial charge >= 0.3 is 0 Å². The van der Waals surface area contributed by atoms with Crippen molar-refractivity contribution in [2.75, 3.05) is 13.1 Å². The van der Waals surface area contributed by atoms with E-state index in [9.17, 15) is 0 Å². The topological polar surface area (TPSA) is 38.0 Å². The van der Waals surface area contributed by atoms with Gasteiger partial charge < -0.3 is 11.1 Å². The summed E-state index contributed by atoms with van der Waals surface area (Å²) >= 11 is 1.74. The third-order valence-corrected chi connectivity index (χ3v) is 4.34. The normalized spacial score (nSPS) is 13.8. The third kappa shape index (κ3) is 5.98. The summed E-state index contributed by atoms with van der Waals surface area (Å²) in [6.07, 6.45) is 5.27. The van der Waals surface area contributed by atoms with E-state index in [0.717, 1.165) is 13.1 Å². The van der Waals surface area contributed by atoms with Gasteiger partial charge in [0.25, 0.3) is 0 Å². The first-order valence-corrected chi connectivity index (χ1v) is 7.93. The number of hydrogen-bond donors (Lipinski definition) is 2. The predicted molar refractivity (Wildman–Crippen MR) is 82.0 cm³/mol. The summed E-state index contributed by atoms with van der Waals surface area (Å²) in [5, 5.41) is 5.61. The average Bonchev–Trinajstić information content (AvgIpc) is 2.82. The van der Waals surface area contributed by atoms with E-state index >= 15 is 0 Å². The molecule has 0 aromatic carbocycles. The van der Waals surface area contributed by atoms with Crippen LogP contribution in [0.2, 0.25) is 0 Å². The second kappa shape index (κ2) is 7.93. The molecule has 0 amide bonds. The van der Waals surface area contributed by atoms with Crippen LogP contribution in [0.4, 0.5) is 0 Å². The highest BCUT2D eigenvalue weighted by atomic mass is 32.1. The minimum absolute atomic E-state index is 0.136. The van der Waals surface area contributed by atoms with Crippen LogP contribution in [0.15, 0.2) is 17.5 Å². The molecule has 1 atom stereocenters. The molecule has 0 saturated carbocycles. The van der Waals surface area contributed by atoms with Gasteiger partial charge in [-0.05, 0) is 23.3 Å². The maximum absolute atomic E-state index is 6.14. The zero-order chi connectivity index (χ0) is 13.4. The molecule has 18 heavy (non-hydrogen) atoms. The monoisotopic (exact) mass is 268 g/mol. The number of nitrogens with one attached hydrogen (secondary N) is 1. The van der Waals surface area contributed by atoms with E-state index in [2.05, 4.69) is 43.6 Å². The molecular formula is C15H28N2S. The molecule has 0 saturated heterocycles. The Labute approximate surface area is 116 Å². The Hall–Kier alpha value is -0.380. The molecule has 1 aromatic rings. The van der Waals surface area contributed by atoms with Crippen LogP contribution in [-0.2, 0) is 0 Å². The van der Waals surface area contributed by atoms with Crippen molar-refractivity contribution in [1.82, 2.24) is 5.32 Å². The lowest BCUT2D eigenvalue weighted by Gasteiger charge is -2.26. The van der Waals surface area contributed by atoms with Gasteiger partial charge in [-0.2, -0.15) is 0 Å². The van der Waals surface area contributed by atoms with Gasteiger partial charge in [-0.25, -0.2) is 0 Å². The van der Waals surface area contributed by atoms with Crippen LogP contribution in [-0.4, -0.2) is 13.1 Å². The maximum Gasteiger partial charge on any atom is 0.0516 e. The van der Waals surface area contributed by atoms with Crippen molar-refractivity contribution in [1.29, 1.82) is 0 Å². The van der Waals surface area contributed by atoms with Gasteiger partial charge in [0.1, 0.15) is 0 Å². The van der Waals surface area contributed by atoms with Gasteiger partial charge in [-0.15, -0.1) is 11.3 Å². The highest BCUT2D eigenvalue weighted by Crippen LogP contribution is 2.23. The van der Waals surface area contributed by atoms with Crippen LogP contribution in [0.25, 0.3) is 0 Å². The zero-order valence-corrected chi connectivity index (χ0v) is 12.9. The summed E-state index contributed by atoms with van der Waals surface area (Å²) in [6, 6.07) is 4.31. The molecule has 3 heteroatoms. The molecule has 1 unspecified atom stereocenters. The van der Waals surface area contributed by atoms with Crippen LogP contribution in [0.1, 0.15) is 57.4 Å². The van der Waals surface area contributed by atoms with E-state index in [0.29, 0.717) is 5.41 Å². The summed E-state index contributed by atoms with van der Waals surface area (Å²) in [6.45, 7) is 8.86. The highest BCUT2D eigenvalue weighted by molar-refractivity contribution is 7.10. The van der Waals surface area contributed by atoms with Gasteiger partial charge in [0.2, 0.25) is 0 Å². The molecule has 0 aliphatic carbocycles. The summed E-state index contributed by atoms with van der Waals surface area (Å²) in [5.74, 6) is 0. The van der Waals surface area contributed by atoms with Crippen LogP contribution in [0.5, 0.6) is 0 Å². The fourth-order valence-electron chi connectivity index (χ4n) is 2.11. The first-order valence-electron chi connectivity index (χ1n) is 7.05. The second-order valence-electron chi connectivity index (χ2n) is 5.87. The number of unbranched alkanes of at least 4 members (excludes halogenated alkanes) is 2. The summed E-state index contributed by atoms with van der Waals surface area (Å²) in [5.41, 5.74) is 6.52. The van der Waals surface area contributed by atoms with Gasteiger partial charge in [-0.3, -0.25) is 0 Å². The van der Waals surface area contributed by atoms with Crippen molar-refractivity contribution in [3.8, 4) is 0 Å². The molecule has 0 bridgehead atoms. The Bertz CT molecular complexity index is 306. The molecule has 2 nitrogen and oxygen atoms in total. The molecule has 1 heterocycles. The molecule has 0 spiro atoms. The molecule has 3 N–H and O–H groups in total. The van der Waals surface area contributed by atoms with Crippen molar-refractivity contribution >= 4 is 11.3 Å². The van der Waals surface area contributed by atoms with E-state index in [1.807, 2.05) is 0 Å². The molecule has 0 aliphatic heterocycles. The van der Waals surface area contributed by atoms with Crippen molar-refractivity contribution in [3.05, 3.63) is 22.4 Å². The first-order chi connectivity index (χ1) is 8.55. The summed E-state index contributed by atoms with van der Waals surface area (Å²) in [4.78, 5) is 1.27. The number of thiophene rings is 1. The van der Waals surface area contributed by atoms with Gasteiger partial charge in [-0.1, -0.05) is 46.1 Å². The first kappa shape index (κ1) is 15.7. The lowest BCUT2D eigenvalue weighted by atomic mass is 9.87. The maximum atomic E-state index is 6.14. The summed E-state index contributed by atoms with van der Waals surface area (Å²) in [7, 11) is 0. The lowest BCUT2D eigenvalue weighted by Crippen LogP contribution is -2.34. The van der Waals surface area contributed by atoms with Crippen LogP contribution in [0, 0.1) is 5.41 Å². The minimum atomic E-state index is 0.136. The van der Waals surface area contributed by atoms with Crippen LogP contribution < -0.4 is 11.1 Å². The predicted octanol–water partition coefficient (Wildman–Crippen LogP) is 3.94. The van der Waals surface area contributed by atoms with Crippen molar-refractivity contribution < 1.29 is 0 Å². The molecule has 0 fully saturated rings. The standard InChI is InChI=1S/C15H28N2S/c1-4-5-6-9-15(2,3)12-17-11-13(16)14-8-7-10-18-14/h7-8,10,13,17H,4-6,9,11-12,16H2,1-3H3. The van der Waals surface area contributed by atoms with E-state index in [4.69, 9.17) is 5.73 Å². The van der Waals surface area contributed by atoms with Crippen molar-refractivity contribution in [2.24, 2.45) is 11.1 Å². The summed E-state index contributed by atoms with van der Waals surface area (Å²) < 4.78 is 0. The molecule has 1 aromatic heterocycles. The smallest absolute Gasteiger partial charge is 0.0516 e. The van der Waals surface area contributed by atoms with E-state index in [1.54, 1.807) is 11.3 Å². The van der Waals surface area contributed by atoms with Crippen LogP contribution >= 0.6 is 11.3 Å². The average molecular weight is 268 g/mol. The lowest BCUT2D eigenvalue weighted by molar-refractivity contribution is 0.300. The SMILES string of the molecule is CCCCCC(C)(C)CNCC(N)c1cccs1. The third-order valence-electron chi connectivity index (χ3n) is 3.33. The molecule has 0 radical (unpaired) electrons. The van der Waals surface area contributed by atoms with Crippen LogP contribution in [0.3, 0.4) is 0 Å². The highest BCUT2D eigenvalue weighted by Gasteiger charge is 2.17. The Morgan fingerprint density at radius 1 is 1.39 bits per heavy atom. The van der Waals surface area contributed by atoms with E-state index < -0.39 is 0 Å². The zero-order valence-electron chi connectivity index (χ0n) is 12.0. The Morgan fingerprint density at radius 2 is 2.17 bits per heavy atom. The Kier molecular flexibility index (Phi) is 6.90. The molecule has 0 aliphatic rings. The second-order valence-corrected chi connectivity index (χ2v) is 6.85. The largest absolute Gasteiger partial charge is 0.322 e. The molecule has 104 valence electrons. The van der Waals surface area contributed by atoms with Crippen molar-refractivity contribution in [3.63, 3.8) is 0 Å². The van der Waals surface area contributed by atoms with Gasteiger partial charge in [0.15, 0.2) is 0 Å². The quantitative estimate of drug-likeness (QED) is 0.666. The van der Waals surface area contributed by atoms with E-state index in [-0.39, 0.29) is 6.04 Å². The van der Waals surface area contributed by atoms with Crippen molar-refractivity contribution in [2.45, 2.75) is 52.5 Å². The minimum Gasteiger partial charge on any atom is -0.322 e. The Balaban J connectivity index is 2.19. The van der Waals surface area contributed by atoms with Gasteiger partial charge in [0.05, 0.1) is 6.04 Å². The number of nitrogens with two attached hydrogens (primary N) is 1. The van der Waals surface area contributed by atoms with Gasteiger partial charge in [0, 0.05) is 18.0 Å². The Morgan fingerprint density at radius 3 is 2.78 bits per heavy atom. The molecule has 1 rings (SSSR count). The fourth-order valence-corrected chi connectivity index (χ4v) is 2.84. The van der Waals surface area contributed by atoms with E-state index in [1.165, 1.54) is 30.6 Å². The molecular weight excluding hydrogens is 240 g/mol.